The SMILES string of the molecule is CCC1(C(=O)O)CCCN1C(=O)N1CCSC(C)C1C. The lowest BCUT2D eigenvalue weighted by atomic mass is 9.93. The van der Waals surface area contributed by atoms with E-state index >= 15 is 0 Å². The van der Waals surface area contributed by atoms with Crippen molar-refractivity contribution in [2.45, 2.75) is 56.9 Å². The predicted octanol–water partition coefficient (Wildman–Crippen LogP) is 2.26. The smallest absolute Gasteiger partial charge is 0.329 e. The molecule has 114 valence electrons. The largest absolute Gasteiger partial charge is 0.479 e. The molecule has 0 aromatic rings. The van der Waals surface area contributed by atoms with Crippen LogP contribution in [0.2, 0.25) is 0 Å². The molecule has 0 saturated carbocycles. The molecule has 0 aromatic carbocycles. The second kappa shape index (κ2) is 5.84. The number of urea groups is 1. The third-order valence-corrected chi connectivity index (χ3v) is 6.17. The number of nitrogens with zero attached hydrogens (tertiary/aromatic N) is 2. The Morgan fingerprint density at radius 1 is 1.35 bits per heavy atom. The van der Waals surface area contributed by atoms with Crippen molar-refractivity contribution >= 4 is 23.8 Å². The highest BCUT2D eigenvalue weighted by Crippen LogP contribution is 2.35. The number of carboxylic acid groups (broad SMARTS) is 1. The molecule has 2 rings (SSSR count). The molecule has 3 unspecified atom stereocenters. The van der Waals surface area contributed by atoms with Crippen LogP contribution in [0.15, 0.2) is 0 Å². The minimum Gasteiger partial charge on any atom is -0.479 e. The molecule has 2 aliphatic rings. The molecule has 2 amide bonds. The summed E-state index contributed by atoms with van der Waals surface area (Å²) >= 11 is 1.87. The minimum atomic E-state index is -0.995. The number of aliphatic carboxylic acids is 1. The lowest BCUT2D eigenvalue weighted by Gasteiger charge is -2.43. The normalized spacial score (nSPS) is 34.4. The Morgan fingerprint density at radius 2 is 2.05 bits per heavy atom. The zero-order valence-corrected chi connectivity index (χ0v) is 13.3. The average Bonchev–Trinajstić information content (AvgIpc) is 2.86. The van der Waals surface area contributed by atoms with Crippen LogP contribution in [0, 0.1) is 0 Å². The first-order valence-corrected chi connectivity index (χ1v) is 8.42. The molecule has 0 bridgehead atoms. The van der Waals surface area contributed by atoms with Crippen LogP contribution in [0.25, 0.3) is 0 Å². The van der Waals surface area contributed by atoms with E-state index in [0.717, 1.165) is 12.2 Å². The van der Waals surface area contributed by atoms with Gasteiger partial charge in [0.05, 0.1) is 0 Å². The van der Waals surface area contributed by atoms with Crippen LogP contribution in [0.4, 0.5) is 4.79 Å². The Kier molecular flexibility index (Phi) is 4.52. The molecule has 0 aliphatic carbocycles. The molecule has 3 atom stereocenters. The van der Waals surface area contributed by atoms with Gasteiger partial charge in [0, 0.05) is 30.1 Å². The molecular weight excluding hydrogens is 276 g/mol. The van der Waals surface area contributed by atoms with Gasteiger partial charge < -0.3 is 14.9 Å². The average molecular weight is 300 g/mol. The van der Waals surface area contributed by atoms with E-state index in [1.165, 1.54) is 0 Å². The van der Waals surface area contributed by atoms with Crippen LogP contribution in [0.1, 0.15) is 40.0 Å². The monoisotopic (exact) mass is 300 g/mol. The van der Waals surface area contributed by atoms with E-state index in [-0.39, 0.29) is 12.1 Å². The van der Waals surface area contributed by atoms with Crippen molar-refractivity contribution in [3.63, 3.8) is 0 Å². The van der Waals surface area contributed by atoms with E-state index in [9.17, 15) is 14.7 Å². The van der Waals surface area contributed by atoms with Gasteiger partial charge >= 0.3 is 12.0 Å². The molecule has 2 saturated heterocycles. The first-order chi connectivity index (χ1) is 9.44. The quantitative estimate of drug-likeness (QED) is 0.850. The van der Waals surface area contributed by atoms with Crippen molar-refractivity contribution < 1.29 is 14.7 Å². The molecule has 5 nitrogen and oxygen atoms in total. The fraction of sp³-hybridized carbons (Fsp3) is 0.857. The van der Waals surface area contributed by atoms with E-state index in [0.29, 0.717) is 31.2 Å². The van der Waals surface area contributed by atoms with Crippen LogP contribution < -0.4 is 0 Å². The lowest BCUT2D eigenvalue weighted by Crippen LogP contribution is -2.60. The predicted molar refractivity (Wildman–Crippen MR) is 80.1 cm³/mol. The third kappa shape index (κ3) is 2.38. The van der Waals surface area contributed by atoms with E-state index in [2.05, 4.69) is 13.8 Å². The minimum absolute atomic E-state index is 0.0913. The van der Waals surface area contributed by atoms with Gasteiger partial charge in [0.2, 0.25) is 0 Å². The van der Waals surface area contributed by atoms with Gasteiger partial charge in [0.1, 0.15) is 5.54 Å². The Labute approximate surface area is 124 Å². The molecule has 20 heavy (non-hydrogen) atoms. The van der Waals surface area contributed by atoms with Crippen LogP contribution in [0.5, 0.6) is 0 Å². The van der Waals surface area contributed by atoms with Crippen molar-refractivity contribution in [3.05, 3.63) is 0 Å². The summed E-state index contributed by atoms with van der Waals surface area (Å²) in [5.41, 5.74) is -0.995. The maximum atomic E-state index is 12.8. The van der Waals surface area contributed by atoms with Crippen LogP contribution >= 0.6 is 11.8 Å². The van der Waals surface area contributed by atoms with Gasteiger partial charge in [-0.3, -0.25) is 0 Å². The van der Waals surface area contributed by atoms with Crippen LogP contribution in [-0.4, -0.2) is 62.6 Å². The zero-order valence-electron chi connectivity index (χ0n) is 12.5. The summed E-state index contributed by atoms with van der Waals surface area (Å²) in [5.74, 6) is 0.0648. The van der Waals surface area contributed by atoms with E-state index < -0.39 is 11.5 Å². The Hall–Kier alpha value is -0.910. The number of likely N-dealkylation sites (tertiary alicyclic amines) is 1. The van der Waals surface area contributed by atoms with Crippen molar-refractivity contribution in [1.29, 1.82) is 0 Å². The summed E-state index contributed by atoms with van der Waals surface area (Å²) in [6.07, 6.45) is 1.82. The number of hydrogen-bond donors (Lipinski definition) is 1. The molecule has 0 radical (unpaired) electrons. The maximum absolute atomic E-state index is 12.8. The summed E-state index contributed by atoms with van der Waals surface area (Å²) < 4.78 is 0. The third-order valence-electron chi connectivity index (χ3n) is 4.83. The molecule has 2 aliphatic heterocycles. The standard InChI is InChI=1S/C14H24N2O3S/c1-4-14(12(17)18)6-5-7-16(14)13(19)15-8-9-20-11(3)10(15)2/h10-11H,4-9H2,1-3H3,(H,17,18). The van der Waals surface area contributed by atoms with E-state index in [4.69, 9.17) is 0 Å². The van der Waals surface area contributed by atoms with Crippen LogP contribution in [-0.2, 0) is 4.79 Å². The number of hydrogen-bond acceptors (Lipinski definition) is 3. The number of carbonyl (C=O) groups excluding carboxylic acids is 1. The summed E-state index contributed by atoms with van der Waals surface area (Å²) in [5, 5.41) is 9.98. The van der Waals surface area contributed by atoms with Gasteiger partial charge in [-0.25, -0.2) is 9.59 Å². The number of rotatable bonds is 2. The zero-order chi connectivity index (χ0) is 14.9. The molecule has 0 aromatic heterocycles. The molecule has 2 heterocycles. The second-order valence-electron chi connectivity index (χ2n) is 5.74. The van der Waals surface area contributed by atoms with Gasteiger partial charge in [-0.05, 0) is 26.2 Å². The van der Waals surface area contributed by atoms with Crippen molar-refractivity contribution in [1.82, 2.24) is 9.80 Å². The fourth-order valence-electron chi connectivity index (χ4n) is 3.26. The molecule has 1 N–H and O–H groups in total. The van der Waals surface area contributed by atoms with Crippen molar-refractivity contribution in [3.8, 4) is 0 Å². The second-order valence-corrected chi connectivity index (χ2v) is 7.22. The highest BCUT2D eigenvalue weighted by molar-refractivity contribution is 8.00. The highest BCUT2D eigenvalue weighted by Gasteiger charge is 2.50. The number of amides is 2. The molecule has 2 fully saturated rings. The molecule has 0 spiro atoms. The maximum Gasteiger partial charge on any atom is 0.329 e. The van der Waals surface area contributed by atoms with Crippen LogP contribution in [0.3, 0.4) is 0 Å². The van der Waals surface area contributed by atoms with Gasteiger partial charge in [-0.2, -0.15) is 11.8 Å². The van der Waals surface area contributed by atoms with Gasteiger partial charge in [0.25, 0.3) is 0 Å². The summed E-state index contributed by atoms with van der Waals surface area (Å²) in [6.45, 7) is 7.31. The molecule has 6 heteroatoms. The first kappa shape index (κ1) is 15.5. The summed E-state index contributed by atoms with van der Waals surface area (Å²) in [4.78, 5) is 28.0. The Balaban J connectivity index is 2.21. The number of thioether (sulfide) groups is 1. The van der Waals surface area contributed by atoms with Crippen molar-refractivity contribution in [2.24, 2.45) is 0 Å². The topological polar surface area (TPSA) is 60.9 Å². The lowest BCUT2D eigenvalue weighted by molar-refractivity contribution is -0.148. The summed E-state index contributed by atoms with van der Waals surface area (Å²) in [7, 11) is 0. The highest BCUT2D eigenvalue weighted by atomic mass is 32.2. The van der Waals surface area contributed by atoms with E-state index in [1.807, 2.05) is 23.6 Å². The first-order valence-electron chi connectivity index (χ1n) is 7.37. The summed E-state index contributed by atoms with van der Waals surface area (Å²) in [6, 6.07) is 0.0663. The van der Waals surface area contributed by atoms with Gasteiger partial charge in [0.15, 0.2) is 0 Å². The van der Waals surface area contributed by atoms with Crippen molar-refractivity contribution in [2.75, 3.05) is 18.8 Å². The van der Waals surface area contributed by atoms with Gasteiger partial charge in [-0.1, -0.05) is 13.8 Å². The fourth-order valence-corrected chi connectivity index (χ4v) is 4.36. The Bertz CT molecular complexity index is 404. The molecular formula is C14H24N2O3S. The Morgan fingerprint density at radius 3 is 2.65 bits per heavy atom. The number of carboxylic acids is 1. The van der Waals surface area contributed by atoms with Gasteiger partial charge in [-0.15, -0.1) is 0 Å². The number of carbonyl (C=O) groups is 2. The van der Waals surface area contributed by atoms with E-state index in [1.54, 1.807) is 4.90 Å².